The number of benzene rings is 1. The molecule has 0 aliphatic carbocycles. The molecule has 0 radical (unpaired) electrons. The van der Waals surface area contributed by atoms with Crippen LogP contribution in [0, 0.1) is 0 Å². The maximum Gasteiger partial charge on any atom is 0.410 e. The number of halogens is 2. The predicted molar refractivity (Wildman–Crippen MR) is 95.5 cm³/mol. The first kappa shape index (κ1) is 20.9. The molecule has 1 saturated heterocycles. The zero-order valence-electron chi connectivity index (χ0n) is 15.8. The molecule has 1 atom stereocenters. The van der Waals surface area contributed by atoms with Crippen molar-refractivity contribution < 1.29 is 27.8 Å². The number of rotatable bonds is 3. The zero-order valence-corrected chi connectivity index (χ0v) is 15.8. The summed E-state index contributed by atoms with van der Waals surface area (Å²) in [6, 6.07) is 8.10. The molecular weight excluding hydrogens is 358 g/mol. The molecule has 2 amide bonds. The van der Waals surface area contributed by atoms with Crippen LogP contribution in [0.5, 0.6) is 0 Å². The predicted octanol–water partition coefficient (Wildman–Crippen LogP) is 3.95. The van der Waals surface area contributed by atoms with Crippen LogP contribution < -0.4 is 5.32 Å². The second kappa shape index (κ2) is 8.54. The fourth-order valence-electron chi connectivity index (χ4n) is 2.70. The van der Waals surface area contributed by atoms with E-state index in [1.54, 1.807) is 45.0 Å². The number of ether oxygens (including phenoxy) is 2. The molecule has 1 heterocycles. The monoisotopic (exact) mass is 384 g/mol. The number of amides is 2. The summed E-state index contributed by atoms with van der Waals surface area (Å²) in [4.78, 5) is 25.4. The summed E-state index contributed by atoms with van der Waals surface area (Å²) in [5, 5.41) is 2.44. The summed E-state index contributed by atoms with van der Waals surface area (Å²) >= 11 is 0. The molecule has 0 aromatic heterocycles. The van der Waals surface area contributed by atoms with Gasteiger partial charge < -0.3 is 19.7 Å². The van der Waals surface area contributed by atoms with Crippen molar-refractivity contribution in [2.45, 2.75) is 57.8 Å². The standard InChI is InChI=1S/C19H26F2N2O4/c1-18(2,3)27-17(25)23-10-9-19(20,21)11-15(12-23)22-16(24)26-13-14-7-5-4-6-8-14/h4-8,15H,9-13H2,1-3H3,(H,22,24). The van der Waals surface area contributed by atoms with Gasteiger partial charge in [0, 0.05) is 25.9 Å². The number of carbonyl (C=O) groups is 2. The summed E-state index contributed by atoms with van der Waals surface area (Å²) < 4.78 is 38.4. The number of alkyl carbamates (subject to hydrolysis) is 1. The lowest BCUT2D eigenvalue weighted by Gasteiger charge is -2.28. The van der Waals surface area contributed by atoms with E-state index in [1.165, 1.54) is 4.90 Å². The highest BCUT2D eigenvalue weighted by Gasteiger charge is 2.39. The Bertz CT molecular complexity index is 647. The molecule has 1 N–H and O–H groups in total. The molecule has 1 unspecified atom stereocenters. The third-order valence-corrected chi connectivity index (χ3v) is 3.92. The number of carbonyl (C=O) groups excluding carboxylic acids is 2. The Morgan fingerprint density at radius 3 is 2.56 bits per heavy atom. The van der Waals surface area contributed by atoms with E-state index in [0.717, 1.165) is 5.56 Å². The van der Waals surface area contributed by atoms with Crippen LogP contribution in [-0.4, -0.2) is 47.7 Å². The first-order valence-corrected chi connectivity index (χ1v) is 8.87. The van der Waals surface area contributed by atoms with Crippen molar-refractivity contribution in [3.05, 3.63) is 35.9 Å². The average Bonchev–Trinajstić information content (AvgIpc) is 2.70. The first-order valence-electron chi connectivity index (χ1n) is 8.87. The zero-order chi connectivity index (χ0) is 20.1. The Labute approximate surface area is 157 Å². The van der Waals surface area contributed by atoms with Crippen molar-refractivity contribution >= 4 is 12.2 Å². The average molecular weight is 384 g/mol. The third kappa shape index (κ3) is 7.40. The van der Waals surface area contributed by atoms with Crippen LogP contribution in [0.15, 0.2) is 30.3 Å². The molecule has 8 heteroatoms. The molecule has 1 fully saturated rings. The van der Waals surface area contributed by atoms with Gasteiger partial charge in [0.25, 0.3) is 5.92 Å². The van der Waals surface area contributed by atoms with E-state index in [-0.39, 0.29) is 19.7 Å². The lowest BCUT2D eigenvalue weighted by atomic mass is 10.1. The highest BCUT2D eigenvalue weighted by molar-refractivity contribution is 5.69. The lowest BCUT2D eigenvalue weighted by Crippen LogP contribution is -2.46. The number of hydrogen-bond acceptors (Lipinski definition) is 4. The Morgan fingerprint density at radius 2 is 1.93 bits per heavy atom. The van der Waals surface area contributed by atoms with E-state index in [2.05, 4.69) is 5.32 Å². The molecular formula is C19H26F2N2O4. The minimum Gasteiger partial charge on any atom is -0.445 e. The van der Waals surface area contributed by atoms with Gasteiger partial charge in [-0.15, -0.1) is 0 Å². The normalized spacial score (nSPS) is 19.7. The Kier molecular flexibility index (Phi) is 6.62. The smallest absolute Gasteiger partial charge is 0.410 e. The van der Waals surface area contributed by atoms with E-state index in [4.69, 9.17) is 9.47 Å². The molecule has 1 aliphatic heterocycles. The molecule has 0 saturated carbocycles. The highest BCUT2D eigenvalue weighted by Crippen LogP contribution is 2.29. The minimum absolute atomic E-state index is 0.0333. The van der Waals surface area contributed by atoms with Crippen LogP contribution in [-0.2, 0) is 16.1 Å². The number of nitrogens with one attached hydrogen (secondary N) is 1. The van der Waals surface area contributed by atoms with E-state index in [1.807, 2.05) is 6.07 Å². The van der Waals surface area contributed by atoms with E-state index < -0.39 is 42.6 Å². The van der Waals surface area contributed by atoms with E-state index in [0.29, 0.717) is 0 Å². The van der Waals surface area contributed by atoms with Crippen molar-refractivity contribution in [2.24, 2.45) is 0 Å². The Morgan fingerprint density at radius 1 is 1.26 bits per heavy atom. The molecule has 1 aromatic rings. The van der Waals surface area contributed by atoms with Gasteiger partial charge >= 0.3 is 12.2 Å². The highest BCUT2D eigenvalue weighted by atomic mass is 19.3. The topological polar surface area (TPSA) is 67.9 Å². The lowest BCUT2D eigenvalue weighted by molar-refractivity contribution is -0.0187. The molecule has 1 aliphatic rings. The van der Waals surface area contributed by atoms with Gasteiger partial charge in [-0.1, -0.05) is 30.3 Å². The van der Waals surface area contributed by atoms with Gasteiger partial charge in [-0.05, 0) is 26.3 Å². The van der Waals surface area contributed by atoms with Crippen LogP contribution in [0.2, 0.25) is 0 Å². The maximum absolute atomic E-state index is 14.0. The summed E-state index contributed by atoms with van der Waals surface area (Å²) in [6.45, 7) is 4.94. The summed E-state index contributed by atoms with van der Waals surface area (Å²) in [6.07, 6.45) is -2.52. The van der Waals surface area contributed by atoms with Crippen molar-refractivity contribution in [3.63, 3.8) is 0 Å². The molecule has 0 bridgehead atoms. The number of likely N-dealkylation sites (tertiary alicyclic amines) is 1. The summed E-state index contributed by atoms with van der Waals surface area (Å²) in [5.74, 6) is -2.99. The van der Waals surface area contributed by atoms with Gasteiger partial charge in [-0.2, -0.15) is 0 Å². The molecule has 6 nitrogen and oxygen atoms in total. The second-order valence-corrected chi connectivity index (χ2v) is 7.64. The van der Waals surface area contributed by atoms with E-state index >= 15 is 0 Å². The van der Waals surface area contributed by atoms with Crippen LogP contribution >= 0.6 is 0 Å². The molecule has 27 heavy (non-hydrogen) atoms. The molecule has 150 valence electrons. The number of alkyl halides is 2. The fourth-order valence-corrected chi connectivity index (χ4v) is 2.70. The van der Waals surface area contributed by atoms with E-state index in [9.17, 15) is 18.4 Å². The van der Waals surface area contributed by atoms with Crippen LogP contribution in [0.1, 0.15) is 39.2 Å². The van der Waals surface area contributed by atoms with Crippen molar-refractivity contribution in [2.75, 3.05) is 13.1 Å². The van der Waals surface area contributed by atoms with Crippen LogP contribution in [0.4, 0.5) is 18.4 Å². The first-order chi connectivity index (χ1) is 12.5. The molecule has 1 aromatic carbocycles. The maximum atomic E-state index is 14.0. The third-order valence-electron chi connectivity index (χ3n) is 3.92. The van der Waals surface area contributed by atoms with Crippen LogP contribution in [0.3, 0.4) is 0 Å². The largest absolute Gasteiger partial charge is 0.445 e. The Balaban J connectivity index is 1.95. The summed E-state index contributed by atoms with van der Waals surface area (Å²) in [5.41, 5.74) is 0.0536. The van der Waals surface area contributed by atoms with Gasteiger partial charge in [0.05, 0.1) is 6.04 Å². The van der Waals surface area contributed by atoms with Gasteiger partial charge in [0.15, 0.2) is 0 Å². The second-order valence-electron chi connectivity index (χ2n) is 7.64. The van der Waals surface area contributed by atoms with Gasteiger partial charge in [0.1, 0.15) is 12.2 Å². The van der Waals surface area contributed by atoms with Gasteiger partial charge in [-0.3, -0.25) is 0 Å². The quantitative estimate of drug-likeness (QED) is 0.857. The Hall–Kier alpha value is -2.38. The van der Waals surface area contributed by atoms with Crippen molar-refractivity contribution in [1.82, 2.24) is 10.2 Å². The number of hydrogen-bond donors (Lipinski definition) is 1. The number of nitrogens with zero attached hydrogens (tertiary/aromatic N) is 1. The molecule has 0 spiro atoms. The molecule has 2 rings (SSSR count). The SMILES string of the molecule is CC(C)(C)OC(=O)N1CCC(F)(F)CC(NC(=O)OCc2ccccc2)C1. The van der Waals surface area contributed by atoms with Gasteiger partial charge in [-0.25, -0.2) is 18.4 Å². The van der Waals surface area contributed by atoms with Crippen molar-refractivity contribution in [3.8, 4) is 0 Å². The van der Waals surface area contributed by atoms with Crippen LogP contribution in [0.25, 0.3) is 0 Å². The van der Waals surface area contributed by atoms with Gasteiger partial charge in [0.2, 0.25) is 0 Å². The summed E-state index contributed by atoms with van der Waals surface area (Å²) in [7, 11) is 0. The fraction of sp³-hybridized carbons (Fsp3) is 0.579. The minimum atomic E-state index is -2.99. The van der Waals surface area contributed by atoms with Crippen molar-refractivity contribution in [1.29, 1.82) is 0 Å².